The van der Waals surface area contributed by atoms with E-state index >= 15 is 0 Å². The zero-order valence-corrected chi connectivity index (χ0v) is 17.2. The van der Waals surface area contributed by atoms with E-state index < -0.39 is 0 Å². The number of aryl methyl sites for hydroxylation is 2. The molecule has 0 atom stereocenters. The molecule has 5 heteroatoms. The van der Waals surface area contributed by atoms with Crippen molar-refractivity contribution in [1.82, 2.24) is 10.3 Å². The van der Waals surface area contributed by atoms with Gasteiger partial charge in [0.05, 0.1) is 17.3 Å². The third-order valence-corrected chi connectivity index (χ3v) is 5.27. The average molecular weight is 395 g/mol. The van der Waals surface area contributed by atoms with E-state index in [0.29, 0.717) is 26.0 Å². The van der Waals surface area contributed by atoms with Gasteiger partial charge in [0.2, 0.25) is 5.91 Å². The summed E-state index contributed by atoms with van der Waals surface area (Å²) in [5.41, 5.74) is 4.44. The molecule has 4 nitrogen and oxygen atoms in total. The van der Waals surface area contributed by atoms with Crippen molar-refractivity contribution >= 4 is 17.2 Å². The fourth-order valence-electron chi connectivity index (χ4n) is 3.03. The summed E-state index contributed by atoms with van der Waals surface area (Å²) in [5, 5.41) is 6.16. The molecule has 146 valence electrons. The highest BCUT2D eigenvalue weighted by molar-refractivity contribution is 7.09. The van der Waals surface area contributed by atoms with Crippen LogP contribution in [-0.2, 0) is 17.6 Å². The molecule has 0 bridgehead atoms. The van der Waals surface area contributed by atoms with Gasteiger partial charge in [-0.25, -0.2) is 4.98 Å². The lowest BCUT2D eigenvalue weighted by Crippen LogP contribution is -2.25. The summed E-state index contributed by atoms with van der Waals surface area (Å²) in [7, 11) is 0. The van der Waals surface area contributed by atoms with Gasteiger partial charge in [-0.1, -0.05) is 42.5 Å². The standard InChI is InChI=1S/C23H26N2O2S/c1-3-27-22-7-5-4-6-20(22)12-13-23(26)24-15-14-18-8-10-19(11-9-18)21-16-28-17(2)25-21/h4-11,16H,3,12-15H2,1-2H3,(H,24,26). The molecule has 0 fully saturated rings. The summed E-state index contributed by atoms with van der Waals surface area (Å²) >= 11 is 1.66. The van der Waals surface area contributed by atoms with Gasteiger partial charge in [0.25, 0.3) is 0 Å². The van der Waals surface area contributed by atoms with E-state index in [9.17, 15) is 4.79 Å². The number of thiazole rings is 1. The van der Waals surface area contributed by atoms with Gasteiger partial charge in [-0.15, -0.1) is 11.3 Å². The minimum Gasteiger partial charge on any atom is -0.494 e. The lowest BCUT2D eigenvalue weighted by atomic mass is 10.1. The van der Waals surface area contributed by atoms with Crippen molar-refractivity contribution in [2.24, 2.45) is 0 Å². The third-order valence-electron chi connectivity index (χ3n) is 4.50. The Morgan fingerprint density at radius 3 is 2.61 bits per heavy atom. The van der Waals surface area contributed by atoms with Gasteiger partial charge in [0.15, 0.2) is 0 Å². The number of hydrogen-bond donors (Lipinski definition) is 1. The Bertz CT molecular complexity index is 903. The van der Waals surface area contributed by atoms with Crippen molar-refractivity contribution in [2.45, 2.75) is 33.1 Å². The van der Waals surface area contributed by atoms with E-state index in [4.69, 9.17) is 4.74 Å². The van der Waals surface area contributed by atoms with E-state index in [1.54, 1.807) is 11.3 Å². The summed E-state index contributed by atoms with van der Waals surface area (Å²) in [5.74, 6) is 0.939. The molecule has 0 unspecified atom stereocenters. The lowest BCUT2D eigenvalue weighted by molar-refractivity contribution is -0.121. The molecule has 0 saturated carbocycles. The Hall–Kier alpha value is -2.66. The van der Waals surface area contributed by atoms with Crippen molar-refractivity contribution in [3.63, 3.8) is 0 Å². The number of carbonyl (C=O) groups is 1. The summed E-state index contributed by atoms with van der Waals surface area (Å²) in [4.78, 5) is 16.7. The molecule has 0 saturated heterocycles. The van der Waals surface area contributed by atoms with E-state index in [1.807, 2.05) is 38.1 Å². The maximum atomic E-state index is 12.2. The molecule has 0 aliphatic rings. The molecule has 2 aromatic carbocycles. The first-order chi connectivity index (χ1) is 13.7. The van der Waals surface area contributed by atoms with Crippen LogP contribution in [0, 0.1) is 6.92 Å². The molecule has 0 aliphatic heterocycles. The number of ether oxygens (including phenoxy) is 1. The maximum absolute atomic E-state index is 12.2. The number of benzene rings is 2. The molecule has 1 aromatic heterocycles. The van der Waals surface area contributed by atoms with E-state index in [0.717, 1.165) is 34.0 Å². The number of nitrogens with zero attached hydrogens (tertiary/aromatic N) is 1. The highest BCUT2D eigenvalue weighted by Gasteiger charge is 2.07. The Balaban J connectivity index is 1.43. The average Bonchev–Trinajstić information content (AvgIpc) is 3.14. The molecule has 0 spiro atoms. The van der Waals surface area contributed by atoms with Crippen molar-refractivity contribution in [3.05, 3.63) is 70.0 Å². The van der Waals surface area contributed by atoms with Crippen molar-refractivity contribution < 1.29 is 9.53 Å². The molecular formula is C23H26N2O2S. The fourth-order valence-corrected chi connectivity index (χ4v) is 3.65. The molecule has 0 radical (unpaired) electrons. The Morgan fingerprint density at radius 1 is 1.11 bits per heavy atom. The van der Waals surface area contributed by atoms with Gasteiger partial charge in [-0.3, -0.25) is 4.79 Å². The zero-order valence-electron chi connectivity index (χ0n) is 16.4. The number of rotatable bonds is 9. The van der Waals surface area contributed by atoms with Gasteiger partial charge in [0, 0.05) is 23.9 Å². The van der Waals surface area contributed by atoms with Crippen LogP contribution in [0.25, 0.3) is 11.3 Å². The second-order valence-electron chi connectivity index (χ2n) is 6.59. The first-order valence-electron chi connectivity index (χ1n) is 9.64. The normalized spacial score (nSPS) is 10.6. The van der Waals surface area contributed by atoms with Crippen LogP contribution in [0.5, 0.6) is 5.75 Å². The van der Waals surface area contributed by atoms with Crippen LogP contribution in [0.15, 0.2) is 53.9 Å². The largest absolute Gasteiger partial charge is 0.494 e. The SMILES string of the molecule is CCOc1ccccc1CCC(=O)NCCc1ccc(-c2csc(C)n2)cc1. The number of para-hydroxylation sites is 1. The molecular weight excluding hydrogens is 368 g/mol. The highest BCUT2D eigenvalue weighted by atomic mass is 32.1. The van der Waals surface area contributed by atoms with Crippen molar-refractivity contribution in [2.75, 3.05) is 13.2 Å². The van der Waals surface area contributed by atoms with E-state index in [-0.39, 0.29) is 5.91 Å². The van der Waals surface area contributed by atoms with Crippen molar-refractivity contribution in [1.29, 1.82) is 0 Å². The summed E-state index contributed by atoms with van der Waals surface area (Å²) in [6.45, 7) is 5.25. The summed E-state index contributed by atoms with van der Waals surface area (Å²) in [6.07, 6.45) is 1.97. The number of amides is 1. The van der Waals surface area contributed by atoms with Gasteiger partial charge in [0.1, 0.15) is 5.75 Å². The van der Waals surface area contributed by atoms with Gasteiger partial charge >= 0.3 is 0 Å². The minimum absolute atomic E-state index is 0.0703. The van der Waals surface area contributed by atoms with Crippen LogP contribution in [0.1, 0.15) is 29.5 Å². The topological polar surface area (TPSA) is 51.2 Å². The Morgan fingerprint density at radius 2 is 1.89 bits per heavy atom. The molecule has 1 N–H and O–H groups in total. The smallest absolute Gasteiger partial charge is 0.220 e. The summed E-state index contributed by atoms with van der Waals surface area (Å²) in [6, 6.07) is 16.3. The number of hydrogen-bond acceptors (Lipinski definition) is 4. The maximum Gasteiger partial charge on any atom is 0.220 e. The molecule has 1 amide bonds. The van der Waals surface area contributed by atoms with E-state index in [2.05, 4.69) is 39.9 Å². The first kappa shape index (κ1) is 20.1. The quantitative estimate of drug-likeness (QED) is 0.567. The van der Waals surface area contributed by atoms with Crippen LogP contribution >= 0.6 is 11.3 Å². The molecule has 3 aromatic rings. The van der Waals surface area contributed by atoms with Crippen LogP contribution in [-0.4, -0.2) is 24.0 Å². The molecule has 0 aliphatic carbocycles. The Kier molecular flexibility index (Phi) is 7.20. The predicted molar refractivity (Wildman–Crippen MR) is 115 cm³/mol. The van der Waals surface area contributed by atoms with Crippen LogP contribution in [0.3, 0.4) is 0 Å². The fraction of sp³-hybridized carbons (Fsp3) is 0.304. The lowest BCUT2D eigenvalue weighted by Gasteiger charge is -2.10. The third kappa shape index (κ3) is 5.67. The highest BCUT2D eigenvalue weighted by Crippen LogP contribution is 2.22. The zero-order chi connectivity index (χ0) is 19.8. The number of aromatic nitrogens is 1. The second-order valence-corrected chi connectivity index (χ2v) is 7.65. The van der Waals surface area contributed by atoms with Gasteiger partial charge in [-0.2, -0.15) is 0 Å². The minimum atomic E-state index is 0.0703. The van der Waals surface area contributed by atoms with Gasteiger partial charge in [-0.05, 0) is 43.9 Å². The molecule has 1 heterocycles. The van der Waals surface area contributed by atoms with E-state index in [1.165, 1.54) is 5.56 Å². The first-order valence-corrected chi connectivity index (χ1v) is 10.5. The second kappa shape index (κ2) is 10.0. The summed E-state index contributed by atoms with van der Waals surface area (Å²) < 4.78 is 5.62. The Labute approximate surface area is 170 Å². The predicted octanol–water partition coefficient (Wildman–Crippen LogP) is 4.81. The monoisotopic (exact) mass is 394 g/mol. The van der Waals surface area contributed by atoms with Gasteiger partial charge < -0.3 is 10.1 Å². The number of carbonyl (C=O) groups excluding carboxylic acids is 1. The molecule has 3 rings (SSSR count). The van der Waals surface area contributed by atoms with Crippen LogP contribution < -0.4 is 10.1 Å². The van der Waals surface area contributed by atoms with Crippen LogP contribution in [0.2, 0.25) is 0 Å². The number of nitrogens with one attached hydrogen (secondary N) is 1. The molecule has 28 heavy (non-hydrogen) atoms. The van der Waals surface area contributed by atoms with Crippen LogP contribution in [0.4, 0.5) is 0 Å². The van der Waals surface area contributed by atoms with Crippen molar-refractivity contribution in [3.8, 4) is 17.0 Å².